The molecule has 0 nitrogen and oxygen atoms in total. The van der Waals surface area contributed by atoms with Gasteiger partial charge in [0, 0.05) is 0 Å². The molecule has 0 radical (unpaired) electrons. The van der Waals surface area contributed by atoms with Crippen LogP contribution in [0.1, 0.15) is 57.8 Å². The van der Waals surface area contributed by atoms with E-state index in [9.17, 15) is 0 Å². The van der Waals surface area contributed by atoms with Crippen LogP contribution in [0, 0.1) is 29.1 Å². The molecular weight excluding hydrogens is 168 g/mol. The molecule has 0 aromatic heterocycles. The Morgan fingerprint density at radius 3 is 1.71 bits per heavy atom. The van der Waals surface area contributed by atoms with Crippen LogP contribution in [-0.4, -0.2) is 0 Å². The minimum absolute atomic E-state index is 0.896. The Labute approximate surface area is 87.5 Å². The molecule has 14 heavy (non-hydrogen) atoms. The van der Waals surface area contributed by atoms with Crippen LogP contribution in [0.2, 0.25) is 0 Å². The maximum Gasteiger partial charge on any atom is -0.0261 e. The lowest BCUT2D eigenvalue weighted by molar-refractivity contribution is 0.123. The first-order valence-electron chi connectivity index (χ1n) is 6.87. The van der Waals surface area contributed by atoms with Gasteiger partial charge in [0.15, 0.2) is 0 Å². The minimum Gasteiger partial charge on any atom is -0.0499 e. The van der Waals surface area contributed by atoms with E-state index in [1.807, 2.05) is 0 Å². The molecule has 4 aliphatic rings. The van der Waals surface area contributed by atoms with Crippen LogP contribution in [-0.2, 0) is 0 Å². The van der Waals surface area contributed by atoms with Crippen molar-refractivity contribution < 1.29 is 0 Å². The van der Waals surface area contributed by atoms with Crippen molar-refractivity contribution in [1.29, 1.82) is 0 Å². The molecule has 0 amide bonds. The molecule has 0 N–H and O–H groups in total. The lowest BCUT2D eigenvalue weighted by Crippen LogP contribution is -2.29. The molecule has 4 fully saturated rings. The van der Waals surface area contributed by atoms with Crippen LogP contribution in [0.3, 0.4) is 0 Å². The Kier molecular flexibility index (Phi) is 1.50. The van der Waals surface area contributed by atoms with Crippen molar-refractivity contribution in [3.8, 4) is 0 Å². The van der Waals surface area contributed by atoms with E-state index in [-0.39, 0.29) is 0 Å². The van der Waals surface area contributed by atoms with Gasteiger partial charge in [-0.2, -0.15) is 0 Å². The quantitative estimate of drug-likeness (QED) is 0.586. The number of hydrogen-bond donors (Lipinski definition) is 0. The molecule has 0 aliphatic heterocycles. The average Bonchev–Trinajstić information content (AvgIpc) is 2.97. The molecule has 0 heteroatoms. The van der Waals surface area contributed by atoms with Crippen molar-refractivity contribution in [2.24, 2.45) is 29.1 Å². The second-order valence-corrected chi connectivity index (χ2v) is 6.71. The van der Waals surface area contributed by atoms with Gasteiger partial charge in [-0.15, -0.1) is 0 Å². The predicted octanol–water partition coefficient (Wildman–Crippen LogP) is 4.00. The second kappa shape index (κ2) is 2.57. The van der Waals surface area contributed by atoms with Gasteiger partial charge in [-0.3, -0.25) is 0 Å². The molecule has 0 unspecified atom stereocenters. The van der Waals surface area contributed by atoms with Crippen molar-refractivity contribution in [2.75, 3.05) is 0 Å². The first kappa shape index (κ1) is 8.19. The number of hydrogen-bond acceptors (Lipinski definition) is 0. The molecule has 0 heterocycles. The topological polar surface area (TPSA) is 0 Å². The standard InChI is InChI=1S/C14H22/c1-2-12-4-3-11(1)13(12)14-7-5-10(9-14)6-8-14/h10-13H,1-9H2. The molecule has 0 aromatic rings. The highest BCUT2D eigenvalue weighted by molar-refractivity contribution is 5.07. The van der Waals surface area contributed by atoms with Crippen LogP contribution in [0.4, 0.5) is 0 Å². The molecule has 0 spiro atoms. The summed E-state index contributed by atoms with van der Waals surface area (Å²) >= 11 is 0. The van der Waals surface area contributed by atoms with E-state index >= 15 is 0 Å². The maximum atomic E-state index is 1.64. The largest absolute Gasteiger partial charge is 0.0499 e. The lowest BCUT2D eigenvalue weighted by atomic mass is 9.68. The Bertz CT molecular complexity index is 227. The molecule has 78 valence electrons. The average molecular weight is 190 g/mol. The van der Waals surface area contributed by atoms with Crippen LogP contribution < -0.4 is 0 Å². The summed E-state index contributed by atoms with van der Waals surface area (Å²) < 4.78 is 0. The molecule has 4 saturated carbocycles. The van der Waals surface area contributed by atoms with Crippen molar-refractivity contribution in [2.45, 2.75) is 57.8 Å². The molecule has 4 rings (SSSR count). The zero-order chi connectivity index (χ0) is 9.17. The summed E-state index contributed by atoms with van der Waals surface area (Å²) in [5.74, 6) is 4.72. The summed E-state index contributed by atoms with van der Waals surface area (Å²) in [6.07, 6.45) is 14.5. The summed E-state index contributed by atoms with van der Waals surface area (Å²) in [7, 11) is 0. The summed E-state index contributed by atoms with van der Waals surface area (Å²) in [5.41, 5.74) is 0.896. The molecule has 4 bridgehead atoms. The first-order chi connectivity index (χ1) is 6.87. The second-order valence-electron chi connectivity index (χ2n) is 6.71. The zero-order valence-corrected chi connectivity index (χ0v) is 9.17. The van der Waals surface area contributed by atoms with Crippen LogP contribution in [0.15, 0.2) is 0 Å². The first-order valence-corrected chi connectivity index (χ1v) is 6.87. The predicted molar refractivity (Wildman–Crippen MR) is 57.9 cm³/mol. The molecule has 4 aliphatic carbocycles. The molecule has 0 saturated heterocycles. The highest BCUT2D eigenvalue weighted by atomic mass is 14.6. The van der Waals surface area contributed by atoms with E-state index < -0.39 is 0 Å². The third kappa shape index (κ3) is 0.864. The fourth-order valence-corrected chi connectivity index (χ4v) is 5.95. The molecule has 0 aromatic carbocycles. The maximum absolute atomic E-state index is 1.64. The third-order valence-electron chi connectivity index (χ3n) is 6.34. The minimum atomic E-state index is 0.896. The Morgan fingerprint density at radius 1 is 0.714 bits per heavy atom. The van der Waals surface area contributed by atoms with E-state index in [1.54, 1.807) is 57.8 Å². The summed E-state index contributed by atoms with van der Waals surface area (Å²) in [4.78, 5) is 0. The zero-order valence-electron chi connectivity index (χ0n) is 9.17. The van der Waals surface area contributed by atoms with Gasteiger partial charge in [-0.05, 0) is 86.9 Å². The summed E-state index contributed by atoms with van der Waals surface area (Å²) in [6.45, 7) is 0. The highest BCUT2D eigenvalue weighted by Gasteiger charge is 2.57. The smallest absolute Gasteiger partial charge is 0.0261 e. The van der Waals surface area contributed by atoms with Crippen molar-refractivity contribution in [1.82, 2.24) is 0 Å². The normalized spacial score (nSPS) is 60.0. The van der Waals surface area contributed by atoms with Crippen molar-refractivity contribution in [3.63, 3.8) is 0 Å². The highest BCUT2D eigenvalue weighted by Crippen LogP contribution is 2.67. The Hall–Kier alpha value is 0. The Balaban J connectivity index is 1.68. The Morgan fingerprint density at radius 2 is 1.29 bits per heavy atom. The lowest BCUT2D eigenvalue weighted by Gasteiger charge is -2.37. The number of fused-ring (bicyclic) bond motifs is 5. The SMILES string of the molecule is C1CC2(C3C4CCC3CC4)CCC1C2. The van der Waals surface area contributed by atoms with Crippen LogP contribution in [0.5, 0.6) is 0 Å². The summed E-state index contributed by atoms with van der Waals surface area (Å²) in [5, 5.41) is 0. The van der Waals surface area contributed by atoms with Gasteiger partial charge in [0.05, 0.1) is 0 Å². The van der Waals surface area contributed by atoms with Crippen LogP contribution >= 0.6 is 0 Å². The van der Waals surface area contributed by atoms with Gasteiger partial charge in [0.25, 0.3) is 0 Å². The van der Waals surface area contributed by atoms with Crippen molar-refractivity contribution >= 4 is 0 Å². The number of rotatable bonds is 1. The van der Waals surface area contributed by atoms with Gasteiger partial charge < -0.3 is 0 Å². The van der Waals surface area contributed by atoms with E-state index in [0.29, 0.717) is 0 Å². The third-order valence-corrected chi connectivity index (χ3v) is 6.34. The summed E-state index contributed by atoms with van der Waals surface area (Å²) in [6, 6.07) is 0. The van der Waals surface area contributed by atoms with Gasteiger partial charge in [-0.25, -0.2) is 0 Å². The van der Waals surface area contributed by atoms with Gasteiger partial charge in [-0.1, -0.05) is 0 Å². The van der Waals surface area contributed by atoms with E-state index in [4.69, 9.17) is 0 Å². The van der Waals surface area contributed by atoms with E-state index in [2.05, 4.69) is 0 Å². The van der Waals surface area contributed by atoms with Crippen molar-refractivity contribution in [3.05, 3.63) is 0 Å². The van der Waals surface area contributed by atoms with Crippen LogP contribution in [0.25, 0.3) is 0 Å². The molecular formula is C14H22. The van der Waals surface area contributed by atoms with E-state index in [0.717, 1.165) is 11.3 Å². The van der Waals surface area contributed by atoms with E-state index in [1.165, 1.54) is 17.8 Å². The van der Waals surface area contributed by atoms with Gasteiger partial charge in [0.1, 0.15) is 0 Å². The molecule has 0 atom stereocenters. The monoisotopic (exact) mass is 190 g/mol. The fraction of sp³-hybridized carbons (Fsp3) is 1.00. The van der Waals surface area contributed by atoms with Gasteiger partial charge in [0.2, 0.25) is 0 Å². The van der Waals surface area contributed by atoms with Gasteiger partial charge >= 0.3 is 0 Å². The fourth-order valence-electron chi connectivity index (χ4n) is 5.95.